The number of carbonyl (C=O) groups excluding carboxylic acids is 1. The number of hydrogen-bond acceptors (Lipinski definition) is 7. The Morgan fingerprint density at radius 2 is 1.67 bits per heavy atom. The summed E-state index contributed by atoms with van der Waals surface area (Å²) in [6, 6.07) is -0.124. The van der Waals surface area contributed by atoms with Crippen molar-refractivity contribution in [1.82, 2.24) is 20.0 Å². The number of carbonyl (C=O) groups is 1. The van der Waals surface area contributed by atoms with Crippen molar-refractivity contribution in [2.75, 3.05) is 19.6 Å². The molecule has 1 amide bonds. The molecule has 1 unspecified atom stereocenters. The zero-order chi connectivity index (χ0) is 22.7. The molecular weight excluding hydrogens is 392 g/mol. The van der Waals surface area contributed by atoms with Gasteiger partial charge in [-0.15, -0.1) is 0 Å². The lowest BCUT2D eigenvalue weighted by molar-refractivity contribution is -0.424. The highest BCUT2D eigenvalue weighted by atomic mass is 16.6. The molecule has 0 fully saturated rings. The van der Waals surface area contributed by atoms with Crippen molar-refractivity contribution in [1.29, 1.82) is 0 Å². The van der Waals surface area contributed by atoms with Gasteiger partial charge in [0.1, 0.15) is 12.2 Å². The molecule has 11 heteroatoms. The molecular formula is C19H34N6O5. The highest BCUT2D eigenvalue weighted by molar-refractivity contribution is 5.76. The van der Waals surface area contributed by atoms with Crippen molar-refractivity contribution in [3.63, 3.8) is 0 Å². The molecule has 0 saturated carbocycles. The predicted molar refractivity (Wildman–Crippen MR) is 113 cm³/mol. The SMILES string of the molecule is CCCCCN(CCCCC)CC(C)NC(=O)Cn1nc([N+](=O)[O-])c([N+](=O)[O-])c1C. The largest absolute Gasteiger partial charge is 0.468 e. The summed E-state index contributed by atoms with van der Waals surface area (Å²) in [4.78, 5) is 35.1. The van der Waals surface area contributed by atoms with Gasteiger partial charge in [0, 0.05) is 12.6 Å². The molecule has 0 aliphatic carbocycles. The van der Waals surface area contributed by atoms with Gasteiger partial charge in [-0.05, 0) is 44.7 Å². The molecule has 0 saturated heterocycles. The molecule has 0 aliphatic heterocycles. The fourth-order valence-corrected chi connectivity index (χ4v) is 3.37. The van der Waals surface area contributed by atoms with Gasteiger partial charge in [-0.25, -0.2) is 0 Å². The molecule has 0 spiro atoms. The van der Waals surface area contributed by atoms with Crippen LogP contribution in [0.15, 0.2) is 0 Å². The Bertz CT molecular complexity index is 711. The first kappa shape index (κ1) is 25.5. The third kappa shape index (κ3) is 8.05. The molecule has 0 aromatic carbocycles. The van der Waals surface area contributed by atoms with E-state index in [2.05, 4.69) is 29.2 Å². The molecule has 1 heterocycles. The third-order valence-corrected chi connectivity index (χ3v) is 4.90. The fourth-order valence-electron chi connectivity index (χ4n) is 3.37. The number of unbranched alkanes of at least 4 members (excludes halogenated alkanes) is 4. The first-order chi connectivity index (χ1) is 14.2. The van der Waals surface area contributed by atoms with Gasteiger partial charge in [0.15, 0.2) is 0 Å². The van der Waals surface area contributed by atoms with E-state index < -0.39 is 21.4 Å². The normalized spacial score (nSPS) is 12.2. The lowest BCUT2D eigenvalue weighted by atomic mass is 10.2. The van der Waals surface area contributed by atoms with E-state index in [1.54, 1.807) is 0 Å². The minimum atomic E-state index is -0.910. The number of rotatable bonds is 15. The predicted octanol–water partition coefficient (Wildman–Crippen LogP) is 3.20. The van der Waals surface area contributed by atoms with E-state index in [0.717, 1.165) is 43.5 Å². The summed E-state index contributed by atoms with van der Waals surface area (Å²) in [6.45, 7) is 9.94. The van der Waals surface area contributed by atoms with Crippen LogP contribution in [-0.2, 0) is 11.3 Å². The molecule has 1 atom stereocenters. The first-order valence-corrected chi connectivity index (χ1v) is 10.6. The molecule has 0 aliphatic rings. The van der Waals surface area contributed by atoms with Crippen LogP contribution in [0.1, 0.15) is 65.0 Å². The summed E-state index contributed by atoms with van der Waals surface area (Å²) in [5.74, 6) is -1.24. The summed E-state index contributed by atoms with van der Waals surface area (Å²) in [6.07, 6.45) is 6.86. The van der Waals surface area contributed by atoms with Gasteiger partial charge in [0.25, 0.3) is 0 Å². The van der Waals surface area contributed by atoms with Crippen molar-refractivity contribution < 1.29 is 14.6 Å². The molecule has 0 bridgehead atoms. The highest BCUT2D eigenvalue weighted by Gasteiger charge is 2.35. The van der Waals surface area contributed by atoms with Crippen LogP contribution >= 0.6 is 0 Å². The molecule has 1 aromatic rings. The number of nitrogens with one attached hydrogen (secondary N) is 1. The Morgan fingerprint density at radius 1 is 1.10 bits per heavy atom. The number of nitrogens with zero attached hydrogens (tertiary/aromatic N) is 5. The quantitative estimate of drug-likeness (QED) is 0.258. The van der Waals surface area contributed by atoms with Crippen molar-refractivity contribution >= 4 is 17.4 Å². The van der Waals surface area contributed by atoms with E-state index in [9.17, 15) is 25.0 Å². The van der Waals surface area contributed by atoms with Crippen LogP contribution in [0.4, 0.5) is 11.5 Å². The van der Waals surface area contributed by atoms with E-state index in [0.29, 0.717) is 6.54 Å². The monoisotopic (exact) mass is 426 g/mol. The second-order valence-electron chi connectivity index (χ2n) is 7.61. The van der Waals surface area contributed by atoms with E-state index in [-0.39, 0.29) is 24.2 Å². The van der Waals surface area contributed by atoms with Crippen molar-refractivity contribution in [3.8, 4) is 0 Å². The van der Waals surface area contributed by atoms with Gasteiger partial charge in [0.2, 0.25) is 5.91 Å². The van der Waals surface area contributed by atoms with Crippen LogP contribution in [0.25, 0.3) is 0 Å². The molecule has 1 N–H and O–H groups in total. The Kier molecular flexibility index (Phi) is 10.9. The summed E-state index contributed by atoms with van der Waals surface area (Å²) in [7, 11) is 0. The average molecular weight is 427 g/mol. The van der Waals surface area contributed by atoms with Crippen molar-refractivity contribution in [2.45, 2.75) is 78.8 Å². The molecule has 30 heavy (non-hydrogen) atoms. The van der Waals surface area contributed by atoms with E-state index in [1.807, 2.05) is 6.92 Å². The van der Waals surface area contributed by atoms with Crippen LogP contribution in [0.5, 0.6) is 0 Å². The summed E-state index contributed by atoms with van der Waals surface area (Å²) in [5, 5.41) is 28.6. The van der Waals surface area contributed by atoms with Crippen molar-refractivity contribution in [3.05, 3.63) is 25.9 Å². The molecule has 1 rings (SSSR count). The Morgan fingerprint density at radius 3 is 2.10 bits per heavy atom. The van der Waals surface area contributed by atoms with Crippen LogP contribution in [0.2, 0.25) is 0 Å². The summed E-state index contributed by atoms with van der Waals surface area (Å²) < 4.78 is 1.01. The maximum Gasteiger partial charge on any atom is 0.468 e. The maximum atomic E-state index is 12.4. The lowest BCUT2D eigenvalue weighted by Gasteiger charge is -2.26. The fraction of sp³-hybridized carbons (Fsp3) is 0.789. The minimum absolute atomic E-state index is 0.0183. The van der Waals surface area contributed by atoms with E-state index in [4.69, 9.17) is 0 Å². The second kappa shape index (κ2) is 12.9. The van der Waals surface area contributed by atoms with Crippen molar-refractivity contribution in [2.24, 2.45) is 0 Å². The average Bonchev–Trinajstić information content (AvgIpc) is 2.98. The number of aromatic nitrogens is 2. The standard InChI is InChI=1S/C19H34N6O5/c1-5-7-9-11-22(12-10-8-6-2)13-15(3)20-17(26)14-23-16(4)18(24(27)28)19(21-23)25(29)30/h15H,5-14H2,1-4H3,(H,20,26). The Balaban J connectivity index is 2.71. The van der Waals surface area contributed by atoms with Crippen LogP contribution in [0.3, 0.4) is 0 Å². The lowest BCUT2D eigenvalue weighted by Crippen LogP contribution is -2.43. The van der Waals surface area contributed by atoms with Crippen LogP contribution in [0, 0.1) is 27.2 Å². The van der Waals surface area contributed by atoms with Gasteiger partial charge in [-0.1, -0.05) is 39.5 Å². The number of hydrogen-bond donors (Lipinski definition) is 1. The Labute approximate surface area is 177 Å². The number of amides is 1. The Hall–Kier alpha value is -2.56. The molecule has 1 aromatic heterocycles. The van der Waals surface area contributed by atoms with Gasteiger partial charge in [0.05, 0.1) is 10.0 Å². The highest BCUT2D eigenvalue weighted by Crippen LogP contribution is 2.28. The van der Waals surface area contributed by atoms with Gasteiger partial charge < -0.3 is 20.3 Å². The molecule has 11 nitrogen and oxygen atoms in total. The first-order valence-electron chi connectivity index (χ1n) is 10.6. The van der Waals surface area contributed by atoms with E-state index in [1.165, 1.54) is 19.8 Å². The maximum absolute atomic E-state index is 12.4. The second-order valence-corrected chi connectivity index (χ2v) is 7.61. The topological polar surface area (TPSA) is 136 Å². The zero-order valence-electron chi connectivity index (χ0n) is 18.4. The minimum Gasteiger partial charge on any atom is -0.358 e. The van der Waals surface area contributed by atoms with Gasteiger partial charge in [-0.3, -0.25) is 14.9 Å². The summed E-state index contributed by atoms with van der Waals surface area (Å²) >= 11 is 0. The zero-order valence-corrected chi connectivity index (χ0v) is 18.4. The smallest absolute Gasteiger partial charge is 0.358 e. The number of nitro groups is 2. The van der Waals surface area contributed by atoms with Gasteiger partial charge >= 0.3 is 11.5 Å². The third-order valence-electron chi connectivity index (χ3n) is 4.90. The van der Waals surface area contributed by atoms with Gasteiger partial charge in [-0.2, -0.15) is 4.68 Å². The summed E-state index contributed by atoms with van der Waals surface area (Å²) in [5.41, 5.74) is -0.700. The molecule has 170 valence electrons. The van der Waals surface area contributed by atoms with Crippen LogP contribution < -0.4 is 5.32 Å². The van der Waals surface area contributed by atoms with E-state index >= 15 is 0 Å². The molecule has 0 radical (unpaired) electrons. The van der Waals surface area contributed by atoms with Crippen LogP contribution in [-0.4, -0.2) is 56.1 Å².